The number of carboxylic acid groups (broad SMARTS) is 1. The summed E-state index contributed by atoms with van der Waals surface area (Å²) in [5.74, 6) is -1.00. The van der Waals surface area contributed by atoms with Crippen molar-refractivity contribution in [1.82, 2.24) is 0 Å². The van der Waals surface area contributed by atoms with Gasteiger partial charge < -0.3 is 10.2 Å². The fourth-order valence-electron chi connectivity index (χ4n) is 2.43. The lowest BCUT2D eigenvalue weighted by atomic mass is 10.0. The molecular formula is C17H16Br2O5S. The number of sulfone groups is 1. The summed E-state index contributed by atoms with van der Waals surface area (Å²) in [6.45, 7) is 3.72. The van der Waals surface area contributed by atoms with Crippen LogP contribution in [0.3, 0.4) is 0 Å². The van der Waals surface area contributed by atoms with Crippen LogP contribution in [0, 0.1) is 0 Å². The fraction of sp³-hybridized carbons (Fsp3) is 0.235. The van der Waals surface area contributed by atoms with Crippen molar-refractivity contribution >= 4 is 47.7 Å². The van der Waals surface area contributed by atoms with E-state index in [9.17, 15) is 18.3 Å². The highest BCUT2D eigenvalue weighted by Gasteiger charge is 2.26. The molecule has 134 valence electrons. The summed E-state index contributed by atoms with van der Waals surface area (Å²) in [7, 11) is -3.87. The van der Waals surface area contributed by atoms with E-state index < -0.39 is 15.8 Å². The van der Waals surface area contributed by atoms with Crippen LogP contribution in [0.4, 0.5) is 0 Å². The molecule has 0 aliphatic carbocycles. The minimum atomic E-state index is -3.87. The number of hydrogen-bond acceptors (Lipinski definition) is 4. The topological polar surface area (TPSA) is 91.7 Å². The summed E-state index contributed by atoms with van der Waals surface area (Å²) < 4.78 is 26.6. The molecular weight excluding hydrogens is 476 g/mol. The van der Waals surface area contributed by atoms with Gasteiger partial charge in [0.15, 0.2) is 0 Å². The quantitative estimate of drug-likeness (QED) is 0.642. The standard InChI is InChI=1S/C17H16Br2O5S/c1-9(2)12-8-11(3-4-15(12)20)25(23,24)17-13(18)5-10(6-14(17)19)7-16(21)22/h3-6,8-9,20H,7H2,1-2H3,(H,21,22). The van der Waals surface area contributed by atoms with Crippen LogP contribution in [0.5, 0.6) is 5.75 Å². The molecule has 2 aromatic rings. The second-order valence-corrected chi connectivity index (χ2v) is 9.43. The van der Waals surface area contributed by atoms with Crippen LogP contribution in [-0.2, 0) is 21.1 Å². The fourth-order valence-corrected chi connectivity index (χ4v) is 6.38. The Balaban J connectivity index is 2.61. The van der Waals surface area contributed by atoms with Crippen molar-refractivity contribution in [3.63, 3.8) is 0 Å². The highest BCUT2D eigenvalue weighted by molar-refractivity contribution is 9.11. The predicted molar refractivity (Wildman–Crippen MR) is 101 cm³/mol. The van der Waals surface area contributed by atoms with Gasteiger partial charge in [0.1, 0.15) is 10.6 Å². The number of phenolic OH excluding ortho intramolecular Hbond substituents is 1. The Morgan fingerprint density at radius 1 is 1.12 bits per heavy atom. The van der Waals surface area contributed by atoms with Crippen molar-refractivity contribution in [3.05, 3.63) is 50.4 Å². The van der Waals surface area contributed by atoms with Crippen LogP contribution in [0.15, 0.2) is 49.1 Å². The summed E-state index contributed by atoms with van der Waals surface area (Å²) in [6, 6.07) is 7.13. The number of phenols is 1. The first-order chi connectivity index (χ1) is 11.5. The first-order valence-electron chi connectivity index (χ1n) is 7.31. The molecule has 0 saturated carbocycles. The summed E-state index contributed by atoms with van der Waals surface area (Å²) in [5.41, 5.74) is 1.01. The lowest BCUT2D eigenvalue weighted by Gasteiger charge is -2.14. The summed E-state index contributed by atoms with van der Waals surface area (Å²) in [6.07, 6.45) is -0.214. The molecule has 0 atom stereocenters. The van der Waals surface area contributed by atoms with Crippen molar-refractivity contribution in [1.29, 1.82) is 0 Å². The maximum atomic E-state index is 13.0. The summed E-state index contributed by atoms with van der Waals surface area (Å²) in [5, 5.41) is 18.8. The molecule has 0 amide bonds. The van der Waals surface area contributed by atoms with E-state index in [1.807, 2.05) is 13.8 Å². The molecule has 2 rings (SSSR count). The minimum absolute atomic E-state index is 0.0158. The van der Waals surface area contributed by atoms with Gasteiger partial charge in [-0.2, -0.15) is 0 Å². The third-order valence-electron chi connectivity index (χ3n) is 3.61. The maximum Gasteiger partial charge on any atom is 0.307 e. The molecule has 5 nitrogen and oxygen atoms in total. The summed E-state index contributed by atoms with van der Waals surface area (Å²) in [4.78, 5) is 10.9. The van der Waals surface area contributed by atoms with Crippen molar-refractivity contribution < 1.29 is 23.4 Å². The SMILES string of the molecule is CC(C)c1cc(S(=O)(=O)c2c(Br)cc(CC(=O)O)cc2Br)ccc1O. The van der Waals surface area contributed by atoms with E-state index in [4.69, 9.17) is 5.11 Å². The third-order valence-corrected chi connectivity index (χ3v) is 7.24. The van der Waals surface area contributed by atoms with Crippen LogP contribution in [0.1, 0.15) is 30.9 Å². The van der Waals surface area contributed by atoms with Gasteiger partial charge in [-0.25, -0.2) is 8.42 Å². The molecule has 0 bridgehead atoms. The van der Waals surface area contributed by atoms with Crippen LogP contribution in [0.25, 0.3) is 0 Å². The van der Waals surface area contributed by atoms with Crippen molar-refractivity contribution in [3.8, 4) is 5.75 Å². The molecule has 0 unspecified atom stereocenters. The monoisotopic (exact) mass is 490 g/mol. The Morgan fingerprint density at radius 3 is 2.16 bits per heavy atom. The Kier molecular flexibility index (Phi) is 5.96. The van der Waals surface area contributed by atoms with Crippen LogP contribution >= 0.6 is 31.9 Å². The van der Waals surface area contributed by atoms with Gasteiger partial charge >= 0.3 is 5.97 Å². The van der Waals surface area contributed by atoms with Crippen molar-refractivity contribution in [2.75, 3.05) is 0 Å². The van der Waals surface area contributed by atoms with Crippen LogP contribution in [-0.4, -0.2) is 24.6 Å². The first kappa shape index (κ1) is 19.9. The number of halogens is 2. The average Bonchev–Trinajstić information content (AvgIpc) is 2.45. The van der Waals surface area contributed by atoms with Gasteiger partial charge in [0.05, 0.1) is 11.3 Å². The van der Waals surface area contributed by atoms with Gasteiger partial charge in [0.2, 0.25) is 9.84 Å². The predicted octanol–water partition coefficient (Wildman–Crippen LogP) is 4.50. The maximum absolute atomic E-state index is 13.0. The summed E-state index contributed by atoms with van der Waals surface area (Å²) >= 11 is 6.46. The number of hydrogen-bond donors (Lipinski definition) is 2. The molecule has 25 heavy (non-hydrogen) atoms. The van der Waals surface area contributed by atoms with Crippen molar-refractivity contribution in [2.24, 2.45) is 0 Å². The van der Waals surface area contributed by atoms with E-state index in [1.165, 1.54) is 30.3 Å². The Morgan fingerprint density at radius 2 is 1.68 bits per heavy atom. The van der Waals surface area contributed by atoms with Gasteiger partial charge in [-0.3, -0.25) is 4.79 Å². The zero-order chi connectivity index (χ0) is 18.9. The van der Waals surface area contributed by atoms with Gasteiger partial charge in [0.25, 0.3) is 0 Å². The molecule has 0 aromatic heterocycles. The lowest BCUT2D eigenvalue weighted by Crippen LogP contribution is -2.07. The largest absolute Gasteiger partial charge is 0.508 e. The van der Waals surface area contributed by atoms with E-state index in [0.717, 1.165) is 0 Å². The van der Waals surface area contributed by atoms with E-state index in [2.05, 4.69) is 31.9 Å². The van der Waals surface area contributed by atoms with Crippen molar-refractivity contribution in [2.45, 2.75) is 36.0 Å². The molecule has 0 aliphatic rings. The Hall–Kier alpha value is -1.38. The van der Waals surface area contributed by atoms with E-state index in [0.29, 0.717) is 11.1 Å². The number of aromatic hydroxyl groups is 1. The molecule has 0 radical (unpaired) electrons. The van der Waals surface area contributed by atoms with Gasteiger partial charge in [0, 0.05) is 8.95 Å². The van der Waals surface area contributed by atoms with Crippen LogP contribution < -0.4 is 0 Å². The zero-order valence-electron chi connectivity index (χ0n) is 13.5. The van der Waals surface area contributed by atoms with Crippen LogP contribution in [0.2, 0.25) is 0 Å². The third kappa shape index (κ3) is 4.24. The normalized spacial score (nSPS) is 11.7. The number of carbonyl (C=O) groups is 1. The molecule has 0 saturated heterocycles. The number of carboxylic acids is 1. The highest BCUT2D eigenvalue weighted by atomic mass is 79.9. The second kappa shape index (κ2) is 7.47. The smallest absolute Gasteiger partial charge is 0.307 e. The molecule has 0 spiro atoms. The van der Waals surface area contributed by atoms with E-state index in [-0.39, 0.29) is 36.8 Å². The van der Waals surface area contributed by atoms with Gasteiger partial charge in [-0.15, -0.1) is 0 Å². The lowest BCUT2D eigenvalue weighted by molar-refractivity contribution is -0.136. The van der Waals surface area contributed by atoms with E-state index in [1.54, 1.807) is 0 Å². The molecule has 0 fully saturated rings. The molecule has 0 heterocycles. The minimum Gasteiger partial charge on any atom is -0.508 e. The Bertz CT molecular complexity index is 913. The van der Waals surface area contributed by atoms with Gasteiger partial charge in [-0.05, 0) is 79.2 Å². The zero-order valence-corrected chi connectivity index (χ0v) is 17.4. The average molecular weight is 492 g/mol. The molecule has 8 heteroatoms. The number of rotatable bonds is 5. The number of aliphatic carboxylic acids is 1. The van der Waals surface area contributed by atoms with E-state index >= 15 is 0 Å². The first-order valence-corrected chi connectivity index (χ1v) is 10.4. The van der Waals surface area contributed by atoms with Gasteiger partial charge in [-0.1, -0.05) is 13.8 Å². The second-order valence-electron chi connectivity index (χ2n) is 5.84. The molecule has 0 aliphatic heterocycles. The highest BCUT2D eigenvalue weighted by Crippen LogP contribution is 2.37. The number of benzene rings is 2. The molecule has 2 aromatic carbocycles. The Labute approximate surface area is 162 Å². The molecule has 2 N–H and O–H groups in total.